The van der Waals surface area contributed by atoms with Crippen LogP contribution in [0.15, 0.2) is 6.20 Å². The van der Waals surface area contributed by atoms with Gasteiger partial charge in [0.05, 0.1) is 5.69 Å². The highest BCUT2D eigenvalue weighted by atomic mass is 16.2. The Kier molecular flexibility index (Phi) is 4.42. The Morgan fingerprint density at radius 1 is 1.32 bits per heavy atom. The molecule has 2 aliphatic carbocycles. The molecule has 1 aliphatic heterocycles. The van der Waals surface area contributed by atoms with E-state index in [0.717, 1.165) is 63.5 Å². The molecule has 1 saturated heterocycles. The van der Waals surface area contributed by atoms with E-state index in [2.05, 4.69) is 9.88 Å². The lowest BCUT2D eigenvalue weighted by Gasteiger charge is -2.41. The molecule has 5 heteroatoms. The van der Waals surface area contributed by atoms with E-state index >= 15 is 0 Å². The summed E-state index contributed by atoms with van der Waals surface area (Å²) in [7, 11) is 3.97. The number of aromatic nitrogens is 2. The molecule has 1 saturated carbocycles. The Hall–Kier alpha value is -1.65. The first-order valence-corrected chi connectivity index (χ1v) is 9.89. The third-order valence-corrected chi connectivity index (χ3v) is 6.55. The molecule has 4 rings (SSSR count). The molecule has 1 amide bonds. The van der Waals surface area contributed by atoms with Gasteiger partial charge in [0.15, 0.2) is 0 Å². The van der Waals surface area contributed by atoms with Crippen LogP contribution >= 0.6 is 0 Å². The highest BCUT2D eigenvalue weighted by molar-refractivity contribution is 5.76. The summed E-state index contributed by atoms with van der Waals surface area (Å²) >= 11 is 0. The van der Waals surface area contributed by atoms with Gasteiger partial charge in [-0.25, -0.2) is 9.97 Å². The molecule has 1 atom stereocenters. The summed E-state index contributed by atoms with van der Waals surface area (Å²) in [6, 6.07) is 0. The fourth-order valence-corrected chi connectivity index (χ4v) is 4.76. The number of fused-ring (bicyclic) bond motifs is 2. The van der Waals surface area contributed by atoms with Crippen LogP contribution in [-0.4, -0.2) is 48.0 Å². The van der Waals surface area contributed by atoms with Gasteiger partial charge in [-0.15, -0.1) is 0 Å². The quantitative estimate of drug-likeness (QED) is 0.844. The molecule has 1 aromatic heterocycles. The van der Waals surface area contributed by atoms with Gasteiger partial charge < -0.3 is 9.80 Å². The average molecular weight is 342 g/mol. The van der Waals surface area contributed by atoms with Crippen molar-refractivity contribution in [2.45, 2.75) is 63.2 Å². The molecule has 3 aliphatic rings. The first kappa shape index (κ1) is 16.8. The van der Waals surface area contributed by atoms with Crippen LogP contribution in [0.2, 0.25) is 0 Å². The van der Waals surface area contributed by atoms with Crippen LogP contribution in [-0.2, 0) is 16.6 Å². The molecule has 2 heterocycles. The van der Waals surface area contributed by atoms with Gasteiger partial charge in [-0.3, -0.25) is 4.79 Å². The lowest BCUT2D eigenvalue weighted by Crippen LogP contribution is -2.48. The number of carbonyl (C=O) groups is 1. The van der Waals surface area contributed by atoms with Gasteiger partial charge in [0.2, 0.25) is 11.9 Å². The molecule has 1 aromatic rings. The number of hydrogen-bond donors (Lipinski definition) is 0. The monoisotopic (exact) mass is 342 g/mol. The molecule has 0 radical (unpaired) electrons. The largest absolute Gasteiger partial charge is 0.347 e. The molecule has 0 N–H and O–H groups in total. The molecule has 136 valence electrons. The normalized spacial score (nSPS) is 25.8. The van der Waals surface area contributed by atoms with Crippen LogP contribution < -0.4 is 4.90 Å². The zero-order valence-corrected chi connectivity index (χ0v) is 15.6. The van der Waals surface area contributed by atoms with Crippen LogP contribution in [0.5, 0.6) is 0 Å². The van der Waals surface area contributed by atoms with Crippen molar-refractivity contribution in [3.63, 3.8) is 0 Å². The number of rotatable bonds is 4. The number of aryl methyl sites for hydroxylation is 1. The summed E-state index contributed by atoms with van der Waals surface area (Å²) in [5.41, 5.74) is 2.56. The summed E-state index contributed by atoms with van der Waals surface area (Å²) in [6.45, 7) is 1.78. The fraction of sp³-hybridized carbons (Fsp3) is 0.750. The lowest BCUT2D eigenvalue weighted by atomic mass is 9.77. The topological polar surface area (TPSA) is 49.3 Å². The predicted octanol–water partition coefficient (Wildman–Crippen LogP) is 2.93. The number of amides is 1. The summed E-state index contributed by atoms with van der Waals surface area (Å²) < 4.78 is 0. The highest BCUT2D eigenvalue weighted by Gasteiger charge is 2.44. The number of likely N-dealkylation sites (tertiary alicyclic amines) is 1. The van der Waals surface area contributed by atoms with Crippen molar-refractivity contribution in [1.29, 1.82) is 0 Å². The molecule has 1 unspecified atom stereocenters. The zero-order valence-electron chi connectivity index (χ0n) is 15.6. The maximum Gasteiger partial charge on any atom is 0.225 e. The molecule has 5 nitrogen and oxygen atoms in total. The summed E-state index contributed by atoms with van der Waals surface area (Å²) in [4.78, 5) is 26.2. The van der Waals surface area contributed by atoms with Gasteiger partial charge in [-0.1, -0.05) is 19.3 Å². The molecule has 0 aromatic carbocycles. The van der Waals surface area contributed by atoms with E-state index in [-0.39, 0.29) is 5.41 Å². The first-order valence-electron chi connectivity index (χ1n) is 9.89. The SMILES string of the molecule is CN(C)c1ncc2c(n1)C1(CCCN(C(=O)CCC3CCC3)C1)CC2. The van der Waals surface area contributed by atoms with E-state index in [1.165, 1.54) is 30.5 Å². The zero-order chi connectivity index (χ0) is 17.4. The third kappa shape index (κ3) is 3.13. The molecule has 1 spiro atoms. The Morgan fingerprint density at radius 2 is 2.16 bits per heavy atom. The third-order valence-electron chi connectivity index (χ3n) is 6.55. The lowest BCUT2D eigenvalue weighted by molar-refractivity contribution is -0.134. The summed E-state index contributed by atoms with van der Waals surface area (Å²) in [5.74, 6) is 1.96. The minimum absolute atomic E-state index is 0.0629. The van der Waals surface area contributed by atoms with Gasteiger partial charge in [0.1, 0.15) is 0 Å². The number of piperidine rings is 1. The maximum atomic E-state index is 12.8. The number of carbonyl (C=O) groups excluding carboxylic acids is 1. The van der Waals surface area contributed by atoms with Crippen molar-refractivity contribution in [2.75, 3.05) is 32.1 Å². The smallest absolute Gasteiger partial charge is 0.225 e. The van der Waals surface area contributed by atoms with Gasteiger partial charge >= 0.3 is 0 Å². The maximum absolute atomic E-state index is 12.8. The Balaban J connectivity index is 1.49. The minimum Gasteiger partial charge on any atom is -0.347 e. The van der Waals surface area contributed by atoms with Crippen LogP contribution in [0, 0.1) is 5.92 Å². The molecule has 2 fully saturated rings. The van der Waals surface area contributed by atoms with Gasteiger partial charge in [-0.2, -0.15) is 0 Å². The summed E-state index contributed by atoms with van der Waals surface area (Å²) in [5, 5.41) is 0. The molecular formula is C20H30N4O. The van der Waals surface area contributed by atoms with Crippen LogP contribution in [0.3, 0.4) is 0 Å². The van der Waals surface area contributed by atoms with Crippen molar-refractivity contribution < 1.29 is 4.79 Å². The van der Waals surface area contributed by atoms with Crippen LogP contribution in [0.4, 0.5) is 5.95 Å². The van der Waals surface area contributed by atoms with E-state index in [1.54, 1.807) is 0 Å². The van der Waals surface area contributed by atoms with E-state index < -0.39 is 0 Å². The number of nitrogens with zero attached hydrogens (tertiary/aromatic N) is 4. The van der Waals surface area contributed by atoms with Crippen molar-refractivity contribution in [1.82, 2.24) is 14.9 Å². The van der Waals surface area contributed by atoms with Crippen molar-refractivity contribution >= 4 is 11.9 Å². The Bertz CT molecular complexity index is 651. The van der Waals surface area contributed by atoms with E-state index in [9.17, 15) is 4.79 Å². The summed E-state index contributed by atoms with van der Waals surface area (Å²) in [6.07, 6.45) is 12.2. The van der Waals surface area contributed by atoms with Gasteiger partial charge in [0, 0.05) is 45.2 Å². The molecule has 25 heavy (non-hydrogen) atoms. The van der Waals surface area contributed by atoms with Crippen LogP contribution in [0.25, 0.3) is 0 Å². The Labute approximate surface area is 150 Å². The van der Waals surface area contributed by atoms with Crippen molar-refractivity contribution in [2.24, 2.45) is 5.92 Å². The van der Waals surface area contributed by atoms with Crippen molar-refractivity contribution in [3.05, 3.63) is 17.5 Å². The van der Waals surface area contributed by atoms with E-state index in [0.29, 0.717) is 5.91 Å². The van der Waals surface area contributed by atoms with Gasteiger partial charge in [0.25, 0.3) is 0 Å². The van der Waals surface area contributed by atoms with E-state index in [4.69, 9.17) is 4.98 Å². The molecule has 0 bridgehead atoms. The Morgan fingerprint density at radius 3 is 2.88 bits per heavy atom. The second-order valence-corrected chi connectivity index (χ2v) is 8.47. The number of anilines is 1. The van der Waals surface area contributed by atoms with Crippen LogP contribution in [0.1, 0.15) is 62.6 Å². The second kappa shape index (κ2) is 6.58. The van der Waals surface area contributed by atoms with Crippen molar-refractivity contribution in [3.8, 4) is 0 Å². The van der Waals surface area contributed by atoms with Gasteiger partial charge in [-0.05, 0) is 43.6 Å². The molecular weight excluding hydrogens is 312 g/mol. The minimum atomic E-state index is 0.0629. The second-order valence-electron chi connectivity index (χ2n) is 8.47. The highest BCUT2D eigenvalue weighted by Crippen LogP contribution is 2.44. The fourth-order valence-electron chi connectivity index (χ4n) is 4.76. The average Bonchev–Trinajstić information content (AvgIpc) is 2.91. The van der Waals surface area contributed by atoms with E-state index in [1.807, 2.05) is 25.2 Å². The number of hydrogen-bond acceptors (Lipinski definition) is 4. The standard InChI is InChI=1S/C20H30N4O/c1-23(2)19-21-13-16-9-11-20(18(16)22-19)10-4-12-24(14-20)17(25)8-7-15-5-3-6-15/h13,15H,3-12,14H2,1-2H3. The first-order chi connectivity index (χ1) is 12.1. The predicted molar refractivity (Wildman–Crippen MR) is 98.7 cm³/mol.